The van der Waals surface area contributed by atoms with Gasteiger partial charge in [-0.1, -0.05) is 42.5 Å². The summed E-state index contributed by atoms with van der Waals surface area (Å²) in [6.07, 6.45) is 3.82. The molecule has 0 saturated carbocycles. The van der Waals surface area contributed by atoms with Gasteiger partial charge in [0.2, 0.25) is 5.91 Å². The third kappa shape index (κ3) is 4.38. The van der Waals surface area contributed by atoms with Crippen LogP contribution in [0.15, 0.2) is 54.6 Å². The van der Waals surface area contributed by atoms with Crippen molar-refractivity contribution in [3.63, 3.8) is 0 Å². The number of carbonyl (C=O) groups is 1. The fourth-order valence-electron chi connectivity index (χ4n) is 4.48. The van der Waals surface area contributed by atoms with E-state index in [2.05, 4.69) is 35.2 Å². The van der Waals surface area contributed by atoms with Gasteiger partial charge in [0.1, 0.15) is 5.82 Å². The molecule has 27 heavy (non-hydrogen) atoms. The van der Waals surface area contributed by atoms with Gasteiger partial charge in [0, 0.05) is 19.1 Å². The summed E-state index contributed by atoms with van der Waals surface area (Å²) in [4.78, 5) is 17.1. The zero-order valence-electron chi connectivity index (χ0n) is 15.7. The van der Waals surface area contributed by atoms with Gasteiger partial charge in [0.05, 0.1) is 6.42 Å². The summed E-state index contributed by atoms with van der Waals surface area (Å²) in [7, 11) is 0. The van der Waals surface area contributed by atoms with Crippen molar-refractivity contribution in [2.24, 2.45) is 0 Å². The van der Waals surface area contributed by atoms with Crippen molar-refractivity contribution in [2.45, 2.75) is 37.6 Å². The van der Waals surface area contributed by atoms with E-state index in [9.17, 15) is 9.18 Å². The molecule has 4 heteroatoms. The molecule has 2 aliphatic heterocycles. The van der Waals surface area contributed by atoms with Crippen LogP contribution in [-0.2, 0) is 11.2 Å². The third-order valence-corrected chi connectivity index (χ3v) is 6.10. The van der Waals surface area contributed by atoms with Crippen molar-refractivity contribution in [1.29, 1.82) is 0 Å². The molecule has 0 bridgehead atoms. The molecule has 0 aromatic heterocycles. The van der Waals surface area contributed by atoms with Crippen molar-refractivity contribution < 1.29 is 9.18 Å². The van der Waals surface area contributed by atoms with Gasteiger partial charge in [-0.15, -0.1) is 0 Å². The molecule has 2 aromatic rings. The Balaban J connectivity index is 1.27. The molecule has 3 nitrogen and oxygen atoms in total. The minimum Gasteiger partial charge on any atom is -0.341 e. The lowest BCUT2D eigenvalue weighted by Crippen LogP contribution is -2.43. The summed E-state index contributed by atoms with van der Waals surface area (Å²) in [5.74, 6) is 0.565. The van der Waals surface area contributed by atoms with Crippen LogP contribution in [0.3, 0.4) is 0 Å². The van der Waals surface area contributed by atoms with Crippen LogP contribution >= 0.6 is 0 Å². The molecule has 0 aliphatic carbocycles. The van der Waals surface area contributed by atoms with Crippen molar-refractivity contribution in [1.82, 2.24) is 9.80 Å². The highest BCUT2D eigenvalue weighted by Gasteiger charge is 2.32. The lowest BCUT2D eigenvalue weighted by molar-refractivity contribution is -0.129. The molecule has 2 fully saturated rings. The Kier molecular flexibility index (Phi) is 5.53. The van der Waals surface area contributed by atoms with E-state index < -0.39 is 0 Å². The SMILES string of the molecule is O=C(Cc1ccc(F)cc1)N1CCC(N2CCC(c3ccccc3)CC2)C1. The minimum atomic E-state index is -0.258. The van der Waals surface area contributed by atoms with Crippen LogP contribution in [-0.4, -0.2) is 47.9 Å². The molecule has 1 atom stereocenters. The normalized spacial score (nSPS) is 21.5. The molecule has 2 aliphatic rings. The van der Waals surface area contributed by atoms with Crippen LogP contribution in [0, 0.1) is 5.82 Å². The maximum atomic E-state index is 13.0. The second-order valence-corrected chi connectivity index (χ2v) is 7.81. The number of likely N-dealkylation sites (tertiary alicyclic amines) is 2. The molecule has 1 unspecified atom stereocenters. The van der Waals surface area contributed by atoms with Gasteiger partial charge in [-0.2, -0.15) is 0 Å². The van der Waals surface area contributed by atoms with Crippen molar-refractivity contribution in [3.05, 3.63) is 71.5 Å². The number of rotatable bonds is 4. The predicted molar refractivity (Wildman–Crippen MR) is 105 cm³/mol. The summed E-state index contributed by atoms with van der Waals surface area (Å²) in [6.45, 7) is 3.90. The van der Waals surface area contributed by atoms with Crippen LogP contribution in [0.4, 0.5) is 4.39 Å². The summed E-state index contributed by atoms with van der Waals surface area (Å²) in [5, 5.41) is 0. The molecule has 1 amide bonds. The predicted octanol–water partition coefficient (Wildman–Crippen LogP) is 3.85. The Labute approximate surface area is 160 Å². The summed E-state index contributed by atoms with van der Waals surface area (Å²) >= 11 is 0. The molecule has 2 saturated heterocycles. The number of nitrogens with zero attached hydrogens (tertiary/aromatic N) is 2. The molecule has 4 rings (SSSR count). The number of carbonyl (C=O) groups excluding carboxylic acids is 1. The van der Waals surface area contributed by atoms with E-state index in [4.69, 9.17) is 0 Å². The van der Waals surface area contributed by atoms with E-state index in [0.717, 1.165) is 38.2 Å². The molecule has 0 radical (unpaired) electrons. The first-order chi connectivity index (χ1) is 13.2. The maximum absolute atomic E-state index is 13.0. The van der Waals surface area contributed by atoms with Crippen LogP contribution in [0.25, 0.3) is 0 Å². The van der Waals surface area contributed by atoms with Gasteiger partial charge in [0.25, 0.3) is 0 Å². The topological polar surface area (TPSA) is 23.6 Å². The van der Waals surface area contributed by atoms with Gasteiger partial charge >= 0.3 is 0 Å². The third-order valence-electron chi connectivity index (χ3n) is 6.10. The number of piperidine rings is 1. The Morgan fingerprint density at radius 1 is 0.926 bits per heavy atom. The van der Waals surface area contributed by atoms with Crippen LogP contribution in [0.5, 0.6) is 0 Å². The molecular weight excluding hydrogens is 339 g/mol. The fraction of sp³-hybridized carbons (Fsp3) is 0.435. The van der Waals surface area contributed by atoms with Crippen LogP contribution in [0.1, 0.15) is 36.3 Å². The molecular formula is C23H27FN2O. The fourth-order valence-corrected chi connectivity index (χ4v) is 4.48. The first kappa shape index (κ1) is 18.2. The van der Waals surface area contributed by atoms with E-state index in [1.165, 1.54) is 30.5 Å². The summed E-state index contributed by atoms with van der Waals surface area (Å²) in [5.41, 5.74) is 2.34. The second kappa shape index (κ2) is 8.22. The zero-order chi connectivity index (χ0) is 18.6. The molecule has 2 heterocycles. The van der Waals surface area contributed by atoms with E-state index in [1.54, 1.807) is 12.1 Å². The number of hydrogen-bond acceptors (Lipinski definition) is 2. The highest BCUT2D eigenvalue weighted by atomic mass is 19.1. The highest BCUT2D eigenvalue weighted by Crippen LogP contribution is 2.30. The first-order valence-electron chi connectivity index (χ1n) is 10.0. The van der Waals surface area contributed by atoms with E-state index in [1.807, 2.05) is 4.90 Å². The molecule has 2 aromatic carbocycles. The quantitative estimate of drug-likeness (QED) is 0.821. The Morgan fingerprint density at radius 2 is 1.63 bits per heavy atom. The van der Waals surface area contributed by atoms with Crippen molar-refractivity contribution in [3.8, 4) is 0 Å². The van der Waals surface area contributed by atoms with E-state index in [0.29, 0.717) is 18.4 Å². The van der Waals surface area contributed by atoms with Crippen LogP contribution < -0.4 is 0 Å². The largest absolute Gasteiger partial charge is 0.341 e. The average Bonchev–Trinajstić information content (AvgIpc) is 3.21. The second-order valence-electron chi connectivity index (χ2n) is 7.81. The molecule has 0 spiro atoms. The number of halogens is 1. The van der Waals surface area contributed by atoms with E-state index >= 15 is 0 Å². The number of amides is 1. The zero-order valence-corrected chi connectivity index (χ0v) is 15.7. The minimum absolute atomic E-state index is 0.156. The highest BCUT2D eigenvalue weighted by molar-refractivity contribution is 5.79. The van der Waals surface area contributed by atoms with Gasteiger partial charge in [-0.05, 0) is 61.5 Å². The smallest absolute Gasteiger partial charge is 0.227 e. The van der Waals surface area contributed by atoms with Crippen LogP contribution in [0.2, 0.25) is 0 Å². The van der Waals surface area contributed by atoms with Gasteiger partial charge in [-0.3, -0.25) is 9.69 Å². The number of benzene rings is 2. The Morgan fingerprint density at radius 3 is 2.33 bits per heavy atom. The Hall–Kier alpha value is -2.20. The molecule has 142 valence electrons. The standard InChI is InChI=1S/C23H27FN2O/c24-21-8-6-18(7-9-21)16-23(27)26-15-12-22(17-26)25-13-10-20(11-14-25)19-4-2-1-3-5-19/h1-9,20,22H,10-17H2. The number of hydrogen-bond donors (Lipinski definition) is 0. The van der Waals surface area contributed by atoms with Gasteiger partial charge in [-0.25, -0.2) is 4.39 Å². The monoisotopic (exact) mass is 366 g/mol. The maximum Gasteiger partial charge on any atom is 0.227 e. The lowest BCUT2D eigenvalue weighted by atomic mass is 9.89. The molecule has 0 N–H and O–H groups in total. The summed E-state index contributed by atoms with van der Waals surface area (Å²) in [6, 6.07) is 17.6. The lowest BCUT2D eigenvalue weighted by Gasteiger charge is -2.36. The summed E-state index contributed by atoms with van der Waals surface area (Å²) < 4.78 is 13.0. The Bertz CT molecular complexity index is 754. The van der Waals surface area contributed by atoms with E-state index in [-0.39, 0.29) is 11.7 Å². The van der Waals surface area contributed by atoms with Crippen molar-refractivity contribution in [2.75, 3.05) is 26.2 Å². The van der Waals surface area contributed by atoms with Gasteiger partial charge in [0.15, 0.2) is 0 Å². The van der Waals surface area contributed by atoms with Gasteiger partial charge < -0.3 is 4.90 Å². The average molecular weight is 366 g/mol. The first-order valence-corrected chi connectivity index (χ1v) is 10.0. The van der Waals surface area contributed by atoms with Crippen molar-refractivity contribution >= 4 is 5.91 Å².